The molecule has 0 atom stereocenters. The van der Waals surface area contributed by atoms with Gasteiger partial charge in [0.1, 0.15) is 5.76 Å². The maximum Gasteiger partial charge on any atom is 0.387 e. The van der Waals surface area contributed by atoms with Crippen LogP contribution in [0.4, 0.5) is 14.5 Å². The van der Waals surface area contributed by atoms with E-state index in [0.29, 0.717) is 18.0 Å². The molecule has 0 aliphatic heterocycles. The summed E-state index contributed by atoms with van der Waals surface area (Å²) < 4.78 is 42.5. The van der Waals surface area contributed by atoms with E-state index < -0.39 is 12.5 Å². The van der Waals surface area contributed by atoms with E-state index >= 15 is 0 Å². The Bertz CT molecular complexity index is 1030. The molecule has 0 saturated heterocycles. The average Bonchev–Trinajstić information content (AvgIpc) is 3.24. The summed E-state index contributed by atoms with van der Waals surface area (Å²) in [5.41, 5.74) is 2.15. The molecule has 7 nitrogen and oxygen atoms in total. The molecule has 0 aliphatic carbocycles. The number of hydrogen-bond acceptors (Lipinski definition) is 5. The molecule has 0 aliphatic rings. The Kier molecular flexibility index (Phi) is 6.21. The van der Waals surface area contributed by atoms with Gasteiger partial charge in [0.25, 0.3) is 5.91 Å². The quantitative estimate of drug-likeness (QED) is 0.539. The number of carbonyl (C=O) groups excluding carboxylic acids is 1. The largest absolute Gasteiger partial charge is 0.493 e. The van der Waals surface area contributed by atoms with Crippen molar-refractivity contribution in [2.75, 3.05) is 12.4 Å². The third kappa shape index (κ3) is 4.76. The molecule has 2 heterocycles. The number of halogens is 3. The zero-order valence-corrected chi connectivity index (χ0v) is 17.4. The molecule has 0 unspecified atom stereocenters. The predicted molar refractivity (Wildman–Crippen MR) is 105 cm³/mol. The number of amides is 1. The summed E-state index contributed by atoms with van der Waals surface area (Å²) in [5.74, 6) is 0.115. The smallest absolute Gasteiger partial charge is 0.387 e. The minimum Gasteiger partial charge on any atom is -0.493 e. The van der Waals surface area contributed by atoms with Crippen LogP contribution in [0, 0.1) is 13.8 Å². The van der Waals surface area contributed by atoms with Crippen LogP contribution in [0.5, 0.6) is 11.5 Å². The highest BCUT2D eigenvalue weighted by Gasteiger charge is 2.16. The van der Waals surface area contributed by atoms with Crippen molar-refractivity contribution < 1.29 is 27.5 Å². The molecule has 29 heavy (non-hydrogen) atoms. The van der Waals surface area contributed by atoms with Crippen LogP contribution in [0.15, 0.2) is 39.2 Å². The topological polar surface area (TPSA) is 78.5 Å². The molecule has 1 amide bonds. The highest BCUT2D eigenvalue weighted by atomic mass is 79.9. The van der Waals surface area contributed by atoms with Crippen molar-refractivity contribution in [1.82, 2.24) is 9.78 Å². The van der Waals surface area contributed by atoms with Crippen LogP contribution >= 0.6 is 15.9 Å². The lowest BCUT2D eigenvalue weighted by molar-refractivity contribution is -0.0512. The fourth-order valence-electron chi connectivity index (χ4n) is 2.69. The summed E-state index contributed by atoms with van der Waals surface area (Å²) in [7, 11) is 1.31. The van der Waals surface area contributed by atoms with Gasteiger partial charge in [0, 0.05) is 11.8 Å². The number of ether oxygens (including phenoxy) is 2. The first kappa shape index (κ1) is 20.8. The number of aryl methyl sites for hydroxylation is 1. The molecule has 2 aromatic heterocycles. The number of hydrogen-bond donors (Lipinski definition) is 1. The second-order valence-electron chi connectivity index (χ2n) is 6.11. The van der Waals surface area contributed by atoms with E-state index in [2.05, 4.69) is 31.1 Å². The van der Waals surface area contributed by atoms with Gasteiger partial charge in [0.15, 0.2) is 17.3 Å². The number of anilines is 1. The van der Waals surface area contributed by atoms with Gasteiger partial charge in [-0.3, -0.25) is 9.48 Å². The molecule has 3 rings (SSSR count). The Morgan fingerprint density at radius 1 is 1.28 bits per heavy atom. The molecule has 10 heteroatoms. The van der Waals surface area contributed by atoms with E-state index in [1.54, 1.807) is 16.8 Å². The number of carbonyl (C=O) groups is 1. The van der Waals surface area contributed by atoms with Gasteiger partial charge in [-0.1, -0.05) is 0 Å². The van der Waals surface area contributed by atoms with Crippen molar-refractivity contribution in [2.45, 2.75) is 27.0 Å². The summed E-state index contributed by atoms with van der Waals surface area (Å²) in [6.07, 6.45) is 0. The molecule has 1 N–H and O–H groups in total. The molecule has 0 radical (unpaired) electrons. The van der Waals surface area contributed by atoms with Gasteiger partial charge in [-0.2, -0.15) is 13.9 Å². The van der Waals surface area contributed by atoms with Crippen LogP contribution in [0.2, 0.25) is 0 Å². The van der Waals surface area contributed by atoms with Crippen LogP contribution < -0.4 is 14.8 Å². The zero-order valence-electron chi connectivity index (χ0n) is 15.8. The van der Waals surface area contributed by atoms with Crippen molar-refractivity contribution in [2.24, 2.45) is 0 Å². The van der Waals surface area contributed by atoms with Gasteiger partial charge in [-0.05, 0) is 54.0 Å². The van der Waals surface area contributed by atoms with Gasteiger partial charge in [-0.15, -0.1) is 0 Å². The van der Waals surface area contributed by atoms with E-state index in [1.165, 1.54) is 25.3 Å². The highest BCUT2D eigenvalue weighted by molar-refractivity contribution is 9.10. The minimum atomic E-state index is -2.98. The molecular formula is C19H18BrF2N3O4. The third-order valence-electron chi connectivity index (χ3n) is 4.12. The molecule has 154 valence electrons. The van der Waals surface area contributed by atoms with Crippen molar-refractivity contribution in [1.29, 1.82) is 0 Å². The normalized spacial score (nSPS) is 11.0. The zero-order chi connectivity index (χ0) is 21.1. The lowest BCUT2D eigenvalue weighted by Gasteiger charge is -2.11. The van der Waals surface area contributed by atoms with Crippen molar-refractivity contribution in [3.05, 3.63) is 57.7 Å². The Balaban J connectivity index is 1.71. The van der Waals surface area contributed by atoms with Gasteiger partial charge in [-0.25, -0.2) is 0 Å². The number of aromatic nitrogens is 2. The van der Waals surface area contributed by atoms with Crippen molar-refractivity contribution in [3.8, 4) is 11.5 Å². The maximum atomic E-state index is 12.4. The second-order valence-corrected chi connectivity index (χ2v) is 6.90. The number of alkyl halides is 2. The lowest BCUT2D eigenvalue weighted by Crippen LogP contribution is -2.11. The predicted octanol–water partition coefficient (Wildman–Crippen LogP) is 4.77. The molecule has 0 bridgehead atoms. The monoisotopic (exact) mass is 469 g/mol. The number of benzene rings is 1. The number of furan rings is 1. The van der Waals surface area contributed by atoms with Crippen molar-refractivity contribution >= 4 is 27.5 Å². The fourth-order valence-corrected chi connectivity index (χ4v) is 2.98. The first-order chi connectivity index (χ1) is 13.8. The summed E-state index contributed by atoms with van der Waals surface area (Å²) in [4.78, 5) is 12.4. The van der Waals surface area contributed by atoms with Crippen LogP contribution in [-0.4, -0.2) is 29.4 Å². The molecule has 0 fully saturated rings. The molecule has 3 aromatic rings. The molecule has 0 saturated carbocycles. The van der Waals surface area contributed by atoms with E-state index in [-0.39, 0.29) is 17.3 Å². The Morgan fingerprint density at radius 3 is 2.66 bits per heavy atom. The van der Waals surface area contributed by atoms with Crippen LogP contribution in [0.1, 0.15) is 27.7 Å². The van der Waals surface area contributed by atoms with E-state index in [0.717, 1.165) is 15.9 Å². The first-order valence-corrected chi connectivity index (χ1v) is 9.30. The van der Waals surface area contributed by atoms with Gasteiger partial charge >= 0.3 is 6.61 Å². The Morgan fingerprint density at radius 2 is 2.03 bits per heavy atom. The SMILES string of the molecule is COc1cc(NC(=O)c2ccc(Cn3nc(C)c(Br)c3C)o2)ccc1OC(F)F. The minimum absolute atomic E-state index is 0.0679. The highest BCUT2D eigenvalue weighted by Crippen LogP contribution is 2.31. The average molecular weight is 470 g/mol. The first-order valence-electron chi connectivity index (χ1n) is 8.51. The van der Waals surface area contributed by atoms with Gasteiger partial charge < -0.3 is 19.2 Å². The van der Waals surface area contributed by atoms with Crippen LogP contribution in [0.25, 0.3) is 0 Å². The van der Waals surface area contributed by atoms with E-state index in [9.17, 15) is 13.6 Å². The Hall–Kier alpha value is -2.88. The summed E-state index contributed by atoms with van der Waals surface area (Å²) in [6.45, 7) is 1.21. The lowest BCUT2D eigenvalue weighted by atomic mass is 10.2. The summed E-state index contributed by atoms with van der Waals surface area (Å²) >= 11 is 3.47. The van der Waals surface area contributed by atoms with E-state index in [1.807, 2.05) is 13.8 Å². The summed E-state index contributed by atoms with van der Waals surface area (Å²) in [5, 5.41) is 7.03. The number of nitrogens with one attached hydrogen (secondary N) is 1. The number of nitrogens with zero attached hydrogens (tertiary/aromatic N) is 2. The van der Waals surface area contributed by atoms with Crippen molar-refractivity contribution in [3.63, 3.8) is 0 Å². The third-order valence-corrected chi connectivity index (χ3v) is 5.27. The summed E-state index contributed by atoms with van der Waals surface area (Å²) in [6, 6.07) is 7.34. The fraction of sp³-hybridized carbons (Fsp3) is 0.263. The van der Waals surface area contributed by atoms with Crippen LogP contribution in [-0.2, 0) is 6.54 Å². The number of rotatable bonds is 7. The maximum absolute atomic E-state index is 12.4. The number of methoxy groups -OCH3 is 1. The molecule has 1 aromatic carbocycles. The second kappa shape index (κ2) is 8.64. The molecular weight excluding hydrogens is 452 g/mol. The van der Waals surface area contributed by atoms with Gasteiger partial charge in [0.2, 0.25) is 0 Å². The molecule has 0 spiro atoms. The standard InChI is InChI=1S/C19H18BrF2N3O4/c1-10-17(20)11(2)25(24-10)9-13-5-7-15(28-13)18(26)23-12-4-6-14(29-19(21)22)16(8-12)27-3/h4-8,19H,9H2,1-3H3,(H,23,26). The van der Waals surface area contributed by atoms with Gasteiger partial charge in [0.05, 0.1) is 29.5 Å². The van der Waals surface area contributed by atoms with E-state index in [4.69, 9.17) is 9.15 Å². The Labute approximate surface area is 173 Å². The van der Waals surface area contributed by atoms with Crippen LogP contribution in [0.3, 0.4) is 0 Å².